The molecule has 0 N–H and O–H groups in total. The molecule has 1 amide bonds. The lowest BCUT2D eigenvalue weighted by atomic mass is 10.1. The second-order valence-electron chi connectivity index (χ2n) is 4.83. The van der Waals surface area contributed by atoms with Crippen molar-refractivity contribution in [2.24, 2.45) is 0 Å². The molecule has 1 unspecified atom stereocenters. The van der Waals surface area contributed by atoms with Crippen molar-refractivity contribution < 1.29 is 4.79 Å². The Labute approximate surface area is 118 Å². The quantitative estimate of drug-likeness (QED) is 0.820. The molecule has 0 spiro atoms. The third-order valence-electron chi connectivity index (χ3n) is 3.45. The number of hydrogen-bond donors (Lipinski definition) is 0. The van der Waals surface area contributed by atoms with Crippen molar-refractivity contribution in [2.75, 3.05) is 7.05 Å². The molecule has 0 aliphatic rings. The Morgan fingerprint density at radius 1 is 1.21 bits per heavy atom. The fourth-order valence-electron chi connectivity index (χ4n) is 2.16. The van der Waals surface area contributed by atoms with Crippen LogP contribution in [0.1, 0.15) is 38.6 Å². The number of benzene rings is 1. The molecule has 0 aliphatic carbocycles. The minimum Gasteiger partial charge on any atom is -0.335 e. The summed E-state index contributed by atoms with van der Waals surface area (Å²) in [5.74, 6) is 0.0956. The van der Waals surface area contributed by atoms with E-state index >= 15 is 0 Å². The molecule has 1 atom stereocenters. The molecule has 2 aromatic rings. The summed E-state index contributed by atoms with van der Waals surface area (Å²) < 4.78 is 0. The van der Waals surface area contributed by atoms with E-state index in [0.29, 0.717) is 0 Å². The molecule has 2 rings (SSSR count). The van der Waals surface area contributed by atoms with Crippen molar-refractivity contribution in [3.63, 3.8) is 0 Å². The monoisotopic (exact) mass is 273 g/mol. The van der Waals surface area contributed by atoms with Gasteiger partial charge in [0.1, 0.15) is 0 Å². The van der Waals surface area contributed by atoms with Gasteiger partial charge in [-0.1, -0.05) is 30.3 Å². The molecule has 0 saturated carbocycles. The number of amides is 1. The number of carbonyl (C=O) groups is 1. The molecule has 19 heavy (non-hydrogen) atoms. The van der Waals surface area contributed by atoms with Crippen LogP contribution in [0.3, 0.4) is 0 Å². The van der Waals surface area contributed by atoms with Gasteiger partial charge in [0.15, 0.2) is 0 Å². The van der Waals surface area contributed by atoms with Gasteiger partial charge in [0, 0.05) is 16.8 Å². The van der Waals surface area contributed by atoms with Crippen molar-refractivity contribution in [3.8, 4) is 0 Å². The van der Waals surface area contributed by atoms with Gasteiger partial charge < -0.3 is 4.90 Å². The van der Waals surface area contributed by atoms with E-state index in [1.807, 2.05) is 50.1 Å². The summed E-state index contributed by atoms with van der Waals surface area (Å²) in [6, 6.07) is 12.2. The summed E-state index contributed by atoms with van der Waals surface area (Å²) >= 11 is 1.67. The molecule has 0 radical (unpaired) electrons. The first-order valence-corrected chi connectivity index (χ1v) is 7.21. The Bertz CT molecular complexity index is 574. The number of aryl methyl sites for hydroxylation is 2. The van der Waals surface area contributed by atoms with Crippen LogP contribution in [-0.2, 0) is 0 Å². The summed E-state index contributed by atoms with van der Waals surface area (Å²) in [7, 11) is 1.87. The molecule has 0 saturated heterocycles. The Kier molecular flexibility index (Phi) is 4.05. The molecule has 0 fully saturated rings. The van der Waals surface area contributed by atoms with Crippen LogP contribution in [-0.4, -0.2) is 17.9 Å². The normalized spacial score (nSPS) is 12.2. The lowest BCUT2D eigenvalue weighted by molar-refractivity contribution is 0.0742. The van der Waals surface area contributed by atoms with Crippen molar-refractivity contribution in [1.82, 2.24) is 4.90 Å². The van der Waals surface area contributed by atoms with Crippen LogP contribution in [0.25, 0.3) is 0 Å². The maximum Gasteiger partial charge on any atom is 0.255 e. The Balaban J connectivity index is 2.22. The van der Waals surface area contributed by atoms with Crippen LogP contribution in [0.4, 0.5) is 0 Å². The van der Waals surface area contributed by atoms with E-state index in [0.717, 1.165) is 16.0 Å². The minimum absolute atomic E-state index is 0.0771. The average molecular weight is 273 g/mol. The summed E-state index contributed by atoms with van der Waals surface area (Å²) in [4.78, 5) is 16.6. The van der Waals surface area contributed by atoms with Gasteiger partial charge in [0.25, 0.3) is 5.91 Å². The number of carbonyl (C=O) groups excluding carboxylic acids is 1. The minimum atomic E-state index is 0.0771. The lowest BCUT2D eigenvalue weighted by Gasteiger charge is -2.25. The standard InChI is InChI=1S/C16H19NOS/c1-11-10-15(13(3)19-11)16(18)17(4)12(2)14-8-6-5-7-9-14/h5-10,12H,1-4H3. The van der Waals surface area contributed by atoms with Gasteiger partial charge >= 0.3 is 0 Å². The van der Waals surface area contributed by atoms with E-state index in [-0.39, 0.29) is 11.9 Å². The molecule has 1 aromatic heterocycles. The number of thiophene rings is 1. The van der Waals surface area contributed by atoms with Crippen LogP contribution in [0.15, 0.2) is 36.4 Å². The second kappa shape index (κ2) is 5.57. The number of hydrogen-bond acceptors (Lipinski definition) is 2. The highest BCUT2D eigenvalue weighted by atomic mass is 32.1. The smallest absolute Gasteiger partial charge is 0.255 e. The van der Waals surface area contributed by atoms with Crippen molar-refractivity contribution in [1.29, 1.82) is 0 Å². The molecule has 2 nitrogen and oxygen atoms in total. The largest absolute Gasteiger partial charge is 0.335 e. The highest BCUT2D eigenvalue weighted by Crippen LogP contribution is 2.25. The predicted molar refractivity (Wildman–Crippen MR) is 80.7 cm³/mol. The summed E-state index contributed by atoms with van der Waals surface area (Å²) in [6.45, 7) is 6.10. The second-order valence-corrected chi connectivity index (χ2v) is 6.29. The van der Waals surface area contributed by atoms with Crippen molar-refractivity contribution in [3.05, 3.63) is 57.3 Å². The highest BCUT2D eigenvalue weighted by molar-refractivity contribution is 7.12. The Morgan fingerprint density at radius 2 is 1.84 bits per heavy atom. The molecule has 3 heteroatoms. The number of rotatable bonds is 3. The third-order valence-corrected chi connectivity index (χ3v) is 4.42. The van der Waals surface area contributed by atoms with E-state index in [1.165, 1.54) is 4.88 Å². The zero-order chi connectivity index (χ0) is 14.0. The highest BCUT2D eigenvalue weighted by Gasteiger charge is 2.21. The van der Waals surface area contributed by atoms with Gasteiger partial charge in [-0.2, -0.15) is 0 Å². The lowest BCUT2D eigenvalue weighted by Crippen LogP contribution is -2.29. The topological polar surface area (TPSA) is 20.3 Å². The maximum absolute atomic E-state index is 12.5. The van der Waals surface area contributed by atoms with Crippen LogP contribution < -0.4 is 0 Å². The summed E-state index contributed by atoms with van der Waals surface area (Å²) in [6.07, 6.45) is 0. The van der Waals surface area contributed by atoms with E-state index in [2.05, 4.69) is 19.1 Å². The molecule has 0 aliphatic heterocycles. The zero-order valence-corrected chi connectivity index (χ0v) is 12.6. The molecule has 1 heterocycles. The average Bonchev–Trinajstić information content (AvgIpc) is 2.76. The zero-order valence-electron chi connectivity index (χ0n) is 11.8. The molecular weight excluding hydrogens is 254 g/mol. The van der Waals surface area contributed by atoms with Gasteiger partial charge in [0.2, 0.25) is 0 Å². The van der Waals surface area contributed by atoms with E-state index in [9.17, 15) is 4.79 Å². The van der Waals surface area contributed by atoms with Gasteiger partial charge in [-0.25, -0.2) is 0 Å². The van der Waals surface area contributed by atoms with Crippen molar-refractivity contribution >= 4 is 17.2 Å². The fraction of sp³-hybridized carbons (Fsp3) is 0.312. The molecule has 0 bridgehead atoms. The first-order valence-electron chi connectivity index (χ1n) is 6.40. The van der Waals surface area contributed by atoms with Gasteiger partial charge in [-0.15, -0.1) is 11.3 Å². The predicted octanol–water partition coefficient (Wildman–Crippen LogP) is 4.20. The Morgan fingerprint density at radius 3 is 2.37 bits per heavy atom. The Hall–Kier alpha value is -1.61. The maximum atomic E-state index is 12.5. The fourth-order valence-corrected chi connectivity index (χ4v) is 3.08. The third kappa shape index (κ3) is 2.87. The number of nitrogens with zero attached hydrogens (tertiary/aromatic N) is 1. The van der Waals surface area contributed by atoms with Crippen LogP contribution in [0, 0.1) is 13.8 Å². The summed E-state index contributed by atoms with van der Waals surface area (Å²) in [5.41, 5.74) is 1.98. The van der Waals surface area contributed by atoms with Gasteiger partial charge in [-0.3, -0.25) is 4.79 Å². The van der Waals surface area contributed by atoms with Crippen molar-refractivity contribution in [2.45, 2.75) is 26.8 Å². The summed E-state index contributed by atoms with van der Waals surface area (Å²) in [5, 5.41) is 0. The van der Waals surface area contributed by atoms with Crippen LogP contribution >= 0.6 is 11.3 Å². The SMILES string of the molecule is Cc1cc(C(=O)N(C)C(C)c2ccccc2)c(C)s1. The van der Waals surface area contributed by atoms with Crippen LogP contribution in [0.5, 0.6) is 0 Å². The first kappa shape index (κ1) is 13.8. The van der Waals surface area contributed by atoms with Gasteiger partial charge in [-0.05, 0) is 32.4 Å². The first-order chi connectivity index (χ1) is 9.00. The van der Waals surface area contributed by atoms with E-state index in [4.69, 9.17) is 0 Å². The molecule has 1 aromatic carbocycles. The molecule has 100 valence electrons. The van der Waals surface area contributed by atoms with E-state index in [1.54, 1.807) is 11.3 Å². The van der Waals surface area contributed by atoms with E-state index < -0.39 is 0 Å². The van der Waals surface area contributed by atoms with Crippen LogP contribution in [0.2, 0.25) is 0 Å². The molecular formula is C16H19NOS. The van der Waals surface area contributed by atoms with Gasteiger partial charge in [0.05, 0.1) is 11.6 Å².